The van der Waals surface area contributed by atoms with Crippen LogP contribution < -0.4 is 0 Å². The predicted octanol–water partition coefficient (Wildman–Crippen LogP) is 1.57. The van der Waals surface area contributed by atoms with Gasteiger partial charge >= 0.3 is 5.97 Å². The molecule has 0 bridgehead atoms. The summed E-state index contributed by atoms with van der Waals surface area (Å²) in [6.07, 6.45) is 0.0888. The average Bonchev–Trinajstić information content (AvgIpc) is 2.61. The number of hydrogen-bond acceptors (Lipinski definition) is 4. The first-order valence-corrected chi connectivity index (χ1v) is 8.30. The second kappa shape index (κ2) is 5.92. The minimum Gasteiger partial charge on any atom is -0.460 e. The highest BCUT2D eigenvalue weighted by atomic mass is 35.5. The van der Waals surface area contributed by atoms with Crippen molar-refractivity contribution in [1.82, 2.24) is 0 Å². The molecule has 1 aliphatic rings. The van der Waals surface area contributed by atoms with Gasteiger partial charge in [0.25, 0.3) is 0 Å². The molecule has 0 amide bonds. The summed E-state index contributed by atoms with van der Waals surface area (Å²) in [5.74, 6) is -0.694. The number of rotatable bonds is 4. The van der Waals surface area contributed by atoms with Crippen LogP contribution in [0, 0.1) is 0 Å². The maximum absolute atomic E-state index is 11.7. The first-order chi connectivity index (χ1) is 8.96. The first kappa shape index (κ1) is 14.3. The molecule has 0 unspecified atom stereocenters. The highest BCUT2D eigenvalue weighted by Gasteiger charge is 2.38. The van der Waals surface area contributed by atoms with Crippen molar-refractivity contribution in [1.29, 1.82) is 0 Å². The minimum absolute atomic E-state index is 0.120. The predicted molar refractivity (Wildman–Crippen MR) is 72.9 cm³/mol. The van der Waals surface area contributed by atoms with Gasteiger partial charge in [-0.15, -0.1) is 11.6 Å². The Morgan fingerprint density at radius 2 is 1.95 bits per heavy atom. The normalized spacial score (nSPS) is 25.1. The van der Waals surface area contributed by atoms with Crippen LogP contribution in [-0.2, 0) is 25.8 Å². The van der Waals surface area contributed by atoms with Crippen LogP contribution in [-0.4, -0.2) is 37.4 Å². The summed E-state index contributed by atoms with van der Waals surface area (Å²) in [5, 5.41) is -0.634. The van der Waals surface area contributed by atoms with Crippen LogP contribution in [0.5, 0.6) is 0 Å². The number of sulfone groups is 1. The molecule has 0 aliphatic carbocycles. The van der Waals surface area contributed by atoms with E-state index in [9.17, 15) is 13.2 Å². The summed E-state index contributed by atoms with van der Waals surface area (Å²) in [5.41, 5.74) is 1.04. The SMILES string of the molecule is O=C(CCc1ccccc1)O[C@@H]1CS(=O)(=O)C[C@@H]1Cl. The number of aryl methyl sites for hydroxylation is 1. The molecule has 0 radical (unpaired) electrons. The van der Waals surface area contributed by atoms with Gasteiger partial charge in [0.15, 0.2) is 9.84 Å². The van der Waals surface area contributed by atoms with Crippen molar-refractivity contribution in [2.75, 3.05) is 11.5 Å². The van der Waals surface area contributed by atoms with Gasteiger partial charge < -0.3 is 4.74 Å². The maximum Gasteiger partial charge on any atom is 0.306 e. The van der Waals surface area contributed by atoms with Gasteiger partial charge in [-0.3, -0.25) is 4.79 Å². The summed E-state index contributed by atoms with van der Waals surface area (Å²) in [6.45, 7) is 0. The smallest absolute Gasteiger partial charge is 0.306 e. The Bertz CT molecular complexity index is 541. The molecular weight excluding hydrogens is 288 g/mol. The third-order valence-corrected chi connectivity index (χ3v) is 5.30. The molecule has 4 nitrogen and oxygen atoms in total. The summed E-state index contributed by atoms with van der Waals surface area (Å²) < 4.78 is 27.8. The third-order valence-electron chi connectivity index (χ3n) is 2.98. The van der Waals surface area contributed by atoms with Crippen molar-refractivity contribution >= 4 is 27.4 Å². The standard InChI is InChI=1S/C13H15ClO4S/c14-11-8-19(16,17)9-12(11)18-13(15)7-6-10-4-2-1-3-5-10/h1-5,11-12H,6-9H2/t11-,12+/m0/s1. The molecular formula is C13H15ClO4S. The van der Waals surface area contributed by atoms with E-state index in [0.717, 1.165) is 5.56 Å². The molecule has 1 aromatic rings. The van der Waals surface area contributed by atoms with Crippen LogP contribution in [0.15, 0.2) is 30.3 Å². The van der Waals surface area contributed by atoms with E-state index in [1.807, 2.05) is 30.3 Å². The maximum atomic E-state index is 11.7. The lowest BCUT2D eigenvalue weighted by Gasteiger charge is -2.13. The Morgan fingerprint density at radius 3 is 2.53 bits per heavy atom. The van der Waals surface area contributed by atoms with E-state index < -0.39 is 27.3 Å². The molecule has 1 aliphatic heterocycles. The molecule has 2 rings (SSSR count). The molecule has 2 atom stereocenters. The topological polar surface area (TPSA) is 60.4 Å². The molecule has 0 spiro atoms. The van der Waals surface area contributed by atoms with Gasteiger partial charge in [-0.1, -0.05) is 30.3 Å². The van der Waals surface area contributed by atoms with Crippen LogP contribution >= 0.6 is 11.6 Å². The van der Waals surface area contributed by atoms with E-state index in [0.29, 0.717) is 6.42 Å². The molecule has 0 aromatic heterocycles. The summed E-state index contributed by atoms with van der Waals surface area (Å²) in [6, 6.07) is 9.57. The number of benzene rings is 1. The zero-order valence-electron chi connectivity index (χ0n) is 10.3. The number of esters is 1. The molecule has 19 heavy (non-hydrogen) atoms. The molecule has 104 valence electrons. The zero-order chi connectivity index (χ0) is 13.9. The van der Waals surface area contributed by atoms with Crippen molar-refractivity contribution in [3.8, 4) is 0 Å². The minimum atomic E-state index is -3.17. The fraction of sp³-hybridized carbons (Fsp3) is 0.462. The second-order valence-corrected chi connectivity index (χ2v) is 7.32. The Morgan fingerprint density at radius 1 is 1.26 bits per heavy atom. The largest absolute Gasteiger partial charge is 0.460 e. The zero-order valence-corrected chi connectivity index (χ0v) is 11.9. The summed E-state index contributed by atoms with van der Waals surface area (Å²) in [4.78, 5) is 11.7. The molecule has 0 N–H and O–H groups in total. The van der Waals surface area contributed by atoms with Crippen molar-refractivity contribution < 1.29 is 17.9 Å². The molecule has 1 fully saturated rings. The monoisotopic (exact) mass is 302 g/mol. The van der Waals surface area contributed by atoms with Crippen molar-refractivity contribution in [2.24, 2.45) is 0 Å². The third kappa shape index (κ3) is 4.21. The lowest BCUT2D eigenvalue weighted by Crippen LogP contribution is -2.26. The second-order valence-electron chi connectivity index (χ2n) is 4.61. The van der Waals surface area contributed by atoms with Crippen molar-refractivity contribution in [3.63, 3.8) is 0 Å². The summed E-state index contributed by atoms with van der Waals surface area (Å²) in [7, 11) is -3.17. The molecule has 1 saturated heterocycles. The van der Waals surface area contributed by atoms with Gasteiger partial charge in [-0.2, -0.15) is 0 Å². The lowest BCUT2D eigenvalue weighted by atomic mass is 10.1. The van der Waals surface area contributed by atoms with E-state index >= 15 is 0 Å². The first-order valence-electron chi connectivity index (χ1n) is 6.04. The molecule has 1 aromatic carbocycles. The van der Waals surface area contributed by atoms with Crippen LogP contribution in [0.3, 0.4) is 0 Å². The van der Waals surface area contributed by atoms with Gasteiger partial charge in [0.05, 0.1) is 16.9 Å². The van der Waals surface area contributed by atoms with Crippen molar-refractivity contribution in [3.05, 3.63) is 35.9 Å². The highest BCUT2D eigenvalue weighted by Crippen LogP contribution is 2.21. The fourth-order valence-corrected chi connectivity index (χ4v) is 4.46. The number of ether oxygens (including phenoxy) is 1. The van der Waals surface area contributed by atoms with E-state index in [1.54, 1.807) is 0 Å². The van der Waals surface area contributed by atoms with Crippen LogP contribution in [0.25, 0.3) is 0 Å². The average molecular weight is 303 g/mol. The quantitative estimate of drug-likeness (QED) is 0.626. The van der Waals surface area contributed by atoms with Crippen LogP contribution in [0.1, 0.15) is 12.0 Å². The van der Waals surface area contributed by atoms with Gasteiger partial charge in [-0.05, 0) is 12.0 Å². The number of halogens is 1. The fourth-order valence-electron chi connectivity index (χ4n) is 2.00. The summed E-state index contributed by atoms with van der Waals surface area (Å²) >= 11 is 5.87. The Kier molecular flexibility index (Phi) is 4.47. The highest BCUT2D eigenvalue weighted by molar-refractivity contribution is 7.91. The Labute approximate surface area is 117 Å². The van der Waals surface area contributed by atoms with Gasteiger partial charge in [-0.25, -0.2) is 8.42 Å². The molecule has 1 heterocycles. The Balaban J connectivity index is 1.82. The number of carbonyl (C=O) groups excluding carboxylic acids is 1. The van der Waals surface area contributed by atoms with Gasteiger partial charge in [0.2, 0.25) is 0 Å². The van der Waals surface area contributed by atoms with E-state index in [4.69, 9.17) is 16.3 Å². The molecule has 0 saturated carbocycles. The number of carbonyl (C=O) groups is 1. The van der Waals surface area contributed by atoms with Crippen molar-refractivity contribution in [2.45, 2.75) is 24.3 Å². The number of alkyl halides is 1. The van der Waals surface area contributed by atoms with E-state index in [-0.39, 0.29) is 17.9 Å². The van der Waals surface area contributed by atoms with Crippen LogP contribution in [0.4, 0.5) is 0 Å². The van der Waals surface area contributed by atoms with E-state index in [2.05, 4.69) is 0 Å². The lowest BCUT2D eigenvalue weighted by molar-refractivity contribution is -0.147. The van der Waals surface area contributed by atoms with Gasteiger partial charge in [0, 0.05) is 6.42 Å². The number of hydrogen-bond donors (Lipinski definition) is 0. The van der Waals surface area contributed by atoms with Crippen LogP contribution in [0.2, 0.25) is 0 Å². The Hall–Kier alpha value is -1.07. The molecule has 6 heteroatoms. The van der Waals surface area contributed by atoms with E-state index in [1.165, 1.54) is 0 Å². The van der Waals surface area contributed by atoms with Gasteiger partial charge in [0.1, 0.15) is 6.10 Å².